The number of nitrogens with one attached hydrogen (secondary N) is 1. The van der Waals surface area contributed by atoms with E-state index in [2.05, 4.69) is 15.3 Å². The van der Waals surface area contributed by atoms with Gasteiger partial charge >= 0.3 is 6.09 Å². The second-order valence-corrected chi connectivity index (χ2v) is 7.12. The number of ether oxygens (including phenoxy) is 1. The number of benzene rings is 1. The van der Waals surface area contributed by atoms with Crippen molar-refractivity contribution in [1.82, 2.24) is 9.97 Å². The quantitative estimate of drug-likeness (QED) is 0.790. The molecule has 1 unspecified atom stereocenters. The second kappa shape index (κ2) is 8.88. The van der Waals surface area contributed by atoms with E-state index in [1.807, 2.05) is 55.4 Å². The molecule has 2 N–H and O–H groups in total. The summed E-state index contributed by atoms with van der Waals surface area (Å²) >= 11 is 0. The van der Waals surface area contributed by atoms with Gasteiger partial charge in [-0.05, 0) is 37.5 Å². The Balaban J connectivity index is 1.72. The Morgan fingerprint density at radius 1 is 1.21 bits per heavy atom. The number of aromatic nitrogens is 2. The lowest BCUT2D eigenvalue weighted by Gasteiger charge is -2.40. The van der Waals surface area contributed by atoms with Crippen LogP contribution in [0.4, 0.5) is 22.2 Å². The van der Waals surface area contributed by atoms with Crippen LogP contribution in [0.2, 0.25) is 0 Å². The Morgan fingerprint density at radius 3 is 2.61 bits per heavy atom. The fourth-order valence-corrected chi connectivity index (χ4v) is 3.68. The predicted octanol–water partition coefficient (Wildman–Crippen LogP) is 3.08. The van der Waals surface area contributed by atoms with Gasteiger partial charge < -0.3 is 20.1 Å². The summed E-state index contributed by atoms with van der Waals surface area (Å²) < 4.78 is 5.69. The average molecular weight is 385 g/mol. The molecule has 28 heavy (non-hydrogen) atoms. The van der Waals surface area contributed by atoms with Crippen molar-refractivity contribution in [2.24, 2.45) is 0 Å². The summed E-state index contributed by atoms with van der Waals surface area (Å²) in [6.45, 7) is 0. The zero-order chi connectivity index (χ0) is 20.1. The number of carboxylic acid groups (broad SMARTS) is 1. The number of para-hydroxylation sites is 1. The zero-order valence-corrected chi connectivity index (χ0v) is 16.4. The monoisotopic (exact) mass is 385 g/mol. The molecule has 0 bridgehead atoms. The van der Waals surface area contributed by atoms with Crippen LogP contribution in [0, 0.1) is 0 Å². The first kappa shape index (κ1) is 19.9. The number of carbonyl (C=O) groups is 1. The highest BCUT2D eigenvalue weighted by Crippen LogP contribution is 2.30. The van der Waals surface area contributed by atoms with Crippen LogP contribution in [0.3, 0.4) is 0 Å². The Bertz CT molecular complexity index is 786. The molecule has 0 spiro atoms. The molecule has 1 amide bonds. The number of rotatable bonds is 6. The van der Waals surface area contributed by atoms with Crippen LogP contribution in [-0.4, -0.2) is 60.6 Å². The second-order valence-electron chi connectivity index (χ2n) is 7.12. The van der Waals surface area contributed by atoms with E-state index < -0.39 is 6.09 Å². The zero-order valence-electron chi connectivity index (χ0n) is 16.4. The summed E-state index contributed by atoms with van der Waals surface area (Å²) in [7, 11) is 5.50. The van der Waals surface area contributed by atoms with Crippen LogP contribution >= 0.6 is 0 Å². The molecule has 150 valence electrons. The lowest BCUT2D eigenvalue weighted by molar-refractivity contribution is 0.0473. The molecule has 0 radical (unpaired) electrons. The van der Waals surface area contributed by atoms with Crippen LogP contribution in [0.5, 0.6) is 0 Å². The van der Waals surface area contributed by atoms with E-state index in [9.17, 15) is 9.90 Å². The maximum absolute atomic E-state index is 12.0. The summed E-state index contributed by atoms with van der Waals surface area (Å²) in [6, 6.07) is 10.9. The molecular formula is C20H27N5O3. The molecule has 1 saturated carbocycles. The summed E-state index contributed by atoms with van der Waals surface area (Å²) in [5, 5.41) is 13.2. The number of anilines is 3. The van der Waals surface area contributed by atoms with Crippen LogP contribution in [0.25, 0.3) is 0 Å². The van der Waals surface area contributed by atoms with Crippen molar-refractivity contribution >= 4 is 23.5 Å². The minimum Gasteiger partial charge on any atom is -0.465 e. The summed E-state index contributed by atoms with van der Waals surface area (Å²) in [5.74, 6) is 1.40. The topological polar surface area (TPSA) is 90.8 Å². The molecule has 1 aliphatic carbocycles. The lowest BCUT2D eigenvalue weighted by Crippen LogP contribution is -2.52. The van der Waals surface area contributed by atoms with Gasteiger partial charge in [0.25, 0.3) is 0 Å². The Hall–Kier alpha value is -2.87. The molecule has 8 nitrogen and oxygen atoms in total. The van der Waals surface area contributed by atoms with Crippen molar-refractivity contribution in [3.63, 3.8) is 0 Å². The Morgan fingerprint density at radius 2 is 1.96 bits per heavy atom. The molecule has 8 heteroatoms. The highest BCUT2D eigenvalue weighted by atomic mass is 16.5. The van der Waals surface area contributed by atoms with Crippen LogP contribution in [0.15, 0.2) is 42.6 Å². The van der Waals surface area contributed by atoms with E-state index in [1.54, 1.807) is 13.3 Å². The predicted molar refractivity (Wildman–Crippen MR) is 109 cm³/mol. The molecule has 2 aromatic rings. The molecule has 1 aromatic heterocycles. The molecule has 0 saturated heterocycles. The van der Waals surface area contributed by atoms with Gasteiger partial charge in [-0.15, -0.1) is 0 Å². The molecule has 1 aliphatic rings. The maximum Gasteiger partial charge on any atom is 0.412 e. The van der Waals surface area contributed by atoms with Gasteiger partial charge in [-0.3, -0.25) is 4.90 Å². The number of nitrogens with zero attached hydrogens (tertiary/aromatic N) is 4. The van der Waals surface area contributed by atoms with E-state index in [0.29, 0.717) is 24.5 Å². The molecular weight excluding hydrogens is 358 g/mol. The average Bonchev–Trinajstić information content (AvgIpc) is 2.70. The summed E-state index contributed by atoms with van der Waals surface area (Å²) in [6.07, 6.45) is 2.70. The number of hydrogen-bond acceptors (Lipinski definition) is 6. The number of amides is 1. The first-order valence-electron chi connectivity index (χ1n) is 9.36. The standard InChI is InChI=1S/C20H27N5O3/c1-24(2)18-11-12-21-19(23-18)22-14-9-10-16(17(13-14)28-3)25(20(26)27)15-7-5-4-6-8-15/h4-8,11-12,14,16-17H,9-10,13H2,1-3H3,(H,26,27)(H,21,22,23)/t14?,16-,17+/m1/s1. The molecule has 0 aliphatic heterocycles. The number of hydrogen-bond donors (Lipinski definition) is 2. The van der Waals surface area contributed by atoms with Gasteiger partial charge in [0.15, 0.2) is 0 Å². The third-order valence-corrected chi connectivity index (χ3v) is 5.06. The van der Waals surface area contributed by atoms with Crippen molar-refractivity contribution in [2.75, 3.05) is 36.3 Å². The minimum absolute atomic E-state index is 0.116. The van der Waals surface area contributed by atoms with Crippen LogP contribution in [-0.2, 0) is 4.74 Å². The molecule has 3 atom stereocenters. The molecule has 1 aromatic carbocycles. The maximum atomic E-state index is 12.0. The first-order chi connectivity index (χ1) is 13.5. The van der Waals surface area contributed by atoms with Gasteiger partial charge in [-0.25, -0.2) is 9.78 Å². The van der Waals surface area contributed by atoms with Gasteiger partial charge in [0, 0.05) is 39.1 Å². The molecule has 1 fully saturated rings. The van der Waals surface area contributed by atoms with Crippen molar-refractivity contribution in [3.05, 3.63) is 42.6 Å². The van der Waals surface area contributed by atoms with Crippen molar-refractivity contribution in [2.45, 2.75) is 37.5 Å². The van der Waals surface area contributed by atoms with E-state index in [1.165, 1.54) is 4.90 Å². The van der Waals surface area contributed by atoms with E-state index in [0.717, 1.165) is 12.2 Å². The fraction of sp³-hybridized carbons (Fsp3) is 0.450. The Kier molecular flexibility index (Phi) is 6.30. The largest absolute Gasteiger partial charge is 0.465 e. The van der Waals surface area contributed by atoms with Crippen LogP contribution in [0.1, 0.15) is 19.3 Å². The third kappa shape index (κ3) is 4.51. The van der Waals surface area contributed by atoms with Crippen LogP contribution < -0.4 is 15.1 Å². The third-order valence-electron chi connectivity index (χ3n) is 5.06. The van der Waals surface area contributed by atoms with Crippen molar-refractivity contribution in [1.29, 1.82) is 0 Å². The van der Waals surface area contributed by atoms with Gasteiger partial charge in [-0.1, -0.05) is 18.2 Å². The highest BCUT2D eigenvalue weighted by Gasteiger charge is 2.37. The molecule has 3 rings (SSSR count). The van der Waals surface area contributed by atoms with E-state index >= 15 is 0 Å². The fourth-order valence-electron chi connectivity index (χ4n) is 3.68. The first-order valence-corrected chi connectivity index (χ1v) is 9.36. The SMILES string of the molecule is CO[C@H]1CC(Nc2nccc(N(C)C)n2)CC[C@H]1N(C(=O)O)c1ccccc1. The number of methoxy groups -OCH3 is 1. The van der Waals surface area contributed by atoms with E-state index in [4.69, 9.17) is 4.74 Å². The van der Waals surface area contributed by atoms with Gasteiger partial charge in [0.2, 0.25) is 5.95 Å². The molecule has 1 heterocycles. The lowest BCUT2D eigenvalue weighted by atomic mass is 9.87. The van der Waals surface area contributed by atoms with Crippen molar-refractivity contribution < 1.29 is 14.6 Å². The van der Waals surface area contributed by atoms with E-state index in [-0.39, 0.29) is 18.2 Å². The van der Waals surface area contributed by atoms with Crippen molar-refractivity contribution in [3.8, 4) is 0 Å². The summed E-state index contributed by atoms with van der Waals surface area (Å²) in [4.78, 5) is 24.1. The minimum atomic E-state index is -0.966. The van der Waals surface area contributed by atoms with Gasteiger partial charge in [0.1, 0.15) is 5.82 Å². The summed E-state index contributed by atoms with van der Waals surface area (Å²) in [5.41, 5.74) is 0.662. The smallest absolute Gasteiger partial charge is 0.412 e. The Labute approximate surface area is 165 Å². The van der Waals surface area contributed by atoms with Gasteiger partial charge in [-0.2, -0.15) is 4.98 Å². The van der Waals surface area contributed by atoms with Gasteiger partial charge in [0.05, 0.1) is 12.1 Å². The highest BCUT2D eigenvalue weighted by molar-refractivity contribution is 5.86. The normalized spacial score (nSPS) is 21.8.